The summed E-state index contributed by atoms with van der Waals surface area (Å²) in [4.78, 5) is 0. The van der Waals surface area contributed by atoms with Gasteiger partial charge in [0.15, 0.2) is 6.29 Å². The minimum absolute atomic E-state index is 0.0139. The molecule has 0 aromatic carbocycles. The van der Waals surface area contributed by atoms with Crippen LogP contribution >= 0.6 is 0 Å². The van der Waals surface area contributed by atoms with E-state index in [0.29, 0.717) is 12.5 Å². The summed E-state index contributed by atoms with van der Waals surface area (Å²) in [6, 6.07) is 0. The summed E-state index contributed by atoms with van der Waals surface area (Å²) >= 11 is 0. The maximum atomic E-state index is 6.07. The average molecular weight is 254 g/mol. The summed E-state index contributed by atoms with van der Waals surface area (Å²) in [5, 5.41) is 0. The number of rotatable bonds is 4. The van der Waals surface area contributed by atoms with E-state index >= 15 is 0 Å². The molecule has 0 amide bonds. The van der Waals surface area contributed by atoms with Crippen molar-refractivity contribution in [3.63, 3.8) is 0 Å². The smallest absolute Gasteiger partial charge is 0.184 e. The minimum Gasteiger partial charge on any atom is -0.376 e. The lowest BCUT2D eigenvalue weighted by molar-refractivity contribution is -0.200. The lowest BCUT2D eigenvalue weighted by Gasteiger charge is -2.33. The normalized spacial score (nSPS) is 43.3. The highest BCUT2D eigenvalue weighted by Gasteiger charge is 2.44. The van der Waals surface area contributed by atoms with E-state index in [-0.39, 0.29) is 24.6 Å². The molecule has 1 aliphatic carbocycles. The van der Waals surface area contributed by atoms with Crippen LogP contribution in [0.4, 0.5) is 0 Å². The van der Waals surface area contributed by atoms with Crippen LogP contribution in [-0.2, 0) is 18.9 Å². The fourth-order valence-corrected chi connectivity index (χ4v) is 2.97. The van der Waals surface area contributed by atoms with Gasteiger partial charge < -0.3 is 18.9 Å². The molecule has 0 radical (unpaired) electrons. The molecular formula is C14H22O4. The van der Waals surface area contributed by atoms with E-state index in [9.17, 15) is 0 Å². The maximum Gasteiger partial charge on any atom is 0.184 e. The van der Waals surface area contributed by atoms with Crippen molar-refractivity contribution < 1.29 is 18.9 Å². The van der Waals surface area contributed by atoms with E-state index in [1.165, 1.54) is 12.8 Å². The molecule has 2 unspecified atom stereocenters. The highest BCUT2D eigenvalue weighted by molar-refractivity contribution is 4.91. The van der Waals surface area contributed by atoms with Crippen LogP contribution in [0, 0.1) is 5.92 Å². The number of allylic oxidation sites excluding steroid dienone is 2. The molecule has 2 heterocycles. The van der Waals surface area contributed by atoms with E-state index in [0.717, 1.165) is 19.4 Å². The molecule has 18 heavy (non-hydrogen) atoms. The van der Waals surface area contributed by atoms with E-state index in [1.807, 2.05) is 0 Å². The Kier molecular flexibility index (Phi) is 3.99. The standard InChI is InChI=1S/C14H22O4/c1-15-12-7-11(13-9-17-14(12)18-13)16-8-10-5-3-2-4-6-10/h2-3,10-14H,4-9H2,1H3/t10?,11-,12+,13+,14?/m0/s1. The van der Waals surface area contributed by atoms with Crippen molar-refractivity contribution in [1.82, 2.24) is 0 Å². The van der Waals surface area contributed by atoms with Crippen LogP contribution < -0.4 is 0 Å². The van der Waals surface area contributed by atoms with E-state index in [1.54, 1.807) is 7.11 Å². The van der Waals surface area contributed by atoms with Crippen molar-refractivity contribution in [2.45, 2.75) is 50.3 Å². The SMILES string of the molecule is CO[C@@H]1C[C@H](OCC2CC=CCC2)[C@H]2COC1O2. The Morgan fingerprint density at radius 1 is 1.28 bits per heavy atom. The van der Waals surface area contributed by atoms with Crippen molar-refractivity contribution in [3.05, 3.63) is 12.2 Å². The second kappa shape index (κ2) is 5.70. The summed E-state index contributed by atoms with van der Waals surface area (Å²) in [7, 11) is 1.71. The van der Waals surface area contributed by atoms with Gasteiger partial charge in [0, 0.05) is 13.5 Å². The monoisotopic (exact) mass is 254 g/mol. The molecule has 5 atom stereocenters. The molecule has 102 valence electrons. The predicted octanol–water partition coefficient (Wildman–Crippen LogP) is 1.89. The van der Waals surface area contributed by atoms with Gasteiger partial charge in [-0.3, -0.25) is 0 Å². The van der Waals surface area contributed by atoms with Gasteiger partial charge in [-0.2, -0.15) is 0 Å². The zero-order chi connectivity index (χ0) is 12.4. The van der Waals surface area contributed by atoms with Gasteiger partial charge in [0.05, 0.1) is 19.3 Å². The molecular weight excluding hydrogens is 232 g/mol. The predicted molar refractivity (Wildman–Crippen MR) is 66.2 cm³/mol. The third-order valence-electron chi connectivity index (χ3n) is 4.14. The van der Waals surface area contributed by atoms with E-state index < -0.39 is 0 Å². The topological polar surface area (TPSA) is 36.9 Å². The minimum atomic E-state index is -0.183. The van der Waals surface area contributed by atoms with Gasteiger partial charge in [-0.1, -0.05) is 12.2 Å². The first-order chi connectivity index (χ1) is 8.86. The maximum absolute atomic E-state index is 6.07. The van der Waals surface area contributed by atoms with Crippen LogP contribution in [0.25, 0.3) is 0 Å². The number of ether oxygens (including phenoxy) is 4. The van der Waals surface area contributed by atoms with Gasteiger partial charge >= 0.3 is 0 Å². The van der Waals surface area contributed by atoms with Crippen molar-refractivity contribution in [2.75, 3.05) is 20.3 Å². The van der Waals surface area contributed by atoms with Gasteiger partial charge in [-0.25, -0.2) is 0 Å². The average Bonchev–Trinajstić information content (AvgIpc) is 2.84. The van der Waals surface area contributed by atoms with Crippen LogP contribution in [0.2, 0.25) is 0 Å². The lowest BCUT2D eigenvalue weighted by Crippen LogP contribution is -2.44. The first kappa shape index (κ1) is 12.6. The Morgan fingerprint density at radius 3 is 3.00 bits per heavy atom. The number of hydrogen-bond acceptors (Lipinski definition) is 4. The molecule has 3 aliphatic rings. The summed E-state index contributed by atoms with van der Waals surface area (Å²) < 4.78 is 22.8. The van der Waals surface area contributed by atoms with Gasteiger partial charge in [0.25, 0.3) is 0 Å². The number of fused-ring (bicyclic) bond motifs is 2. The summed E-state index contributed by atoms with van der Waals surface area (Å²) in [5.41, 5.74) is 0. The van der Waals surface area contributed by atoms with Crippen LogP contribution in [0.1, 0.15) is 25.7 Å². The highest BCUT2D eigenvalue weighted by atomic mass is 16.7. The Labute approximate surface area is 108 Å². The Morgan fingerprint density at radius 2 is 2.22 bits per heavy atom. The molecule has 2 fully saturated rings. The quantitative estimate of drug-likeness (QED) is 0.718. The van der Waals surface area contributed by atoms with Crippen molar-refractivity contribution in [3.8, 4) is 0 Å². The molecule has 2 saturated heterocycles. The molecule has 0 saturated carbocycles. The fraction of sp³-hybridized carbons (Fsp3) is 0.857. The molecule has 2 bridgehead atoms. The number of methoxy groups -OCH3 is 1. The van der Waals surface area contributed by atoms with Crippen molar-refractivity contribution in [2.24, 2.45) is 5.92 Å². The second-order valence-corrected chi connectivity index (χ2v) is 5.41. The van der Waals surface area contributed by atoms with Crippen molar-refractivity contribution in [1.29, 1.82) is 0 Å². The Balaban J connectivity index is 1.51. The van der Waals surface area contributed by atoms with Crippen LogP contribution in [0.5, 0.6) is 0 Å². The molecule has 4 heteroatoms. The lowest BCUT2D eigenvalue weighted by atomic mass is 9.95. The molecule has 3 rings (SSSR count). The fourth-order valence-electron chi connectivity index (χ4n) is 2.97. The molecule has 4 nitrogen and oxygen atoms in total. The number of hydrogen-bond donors (Lipinski definition) is 0. The molecule has 0 N–H and O–H groups in total. The molecule has 0 spiro atoms. The van der Waals surface area contributed by atoms with Gasteiger partial charge in [-0.15, -0.1) is 0 Å². The molecule has 0 aromatic rings. The van der Waals surface area contributed by atoms with Gasteiger partial charge in [0.2, 0.25) is 0 Å². The van der Waals surface area contributed by atoms with E-state index in [4.69, 9.17) is 18.9 Å². The second-order valence-electron chi connectivity index (χ2n) is 5.41. The molecule has 0 aromatic heterocycles. The summed E-state index contributed by atoms with van der Waals surface area (Å²) in [6.45, 7) is 1.47. The molecule has 2 aliphatic heterocycles. The zero-order valence-corrected chi connectivity index (χ0v) is 10.9. The Hall–Kier alpha value is -0.420. The first-order valence-corrected chi connectivity index (χ1v) is 6.93. The van der Waals surface area contributed by atoms with Gasteiger partial charge in [0.1, 0.15) is 12.2 Å². The van der Waals surface area contributed by atoms with Crippen LogP contribution in [-0.4, -0.2) is 44.9 Å². The van der Waals surface area contributed by atoms with Gasteiger partial charge in [-0.05, 0) is 25.2 Å². The summed E-state index contributed by atoms with van der Waals surface area (Å²) in [6.07, 6.45) is 9.03. The van der Waals surface area contributed by atoms with Crippen molar-refractivity contribution >= 4 is 0 Å². The third kappa shape index (κ3) is 2.62. The first-order valence-electron chi connectivity index (χ1n) is 6.93. The van der Waals surface area contributed by atoms with Crippen LogP contribution in [0.3, 0.4) is 0 Å². The largest absolute Gasteiger partial charge is 0.376 e. The Bertz CT molecular complexity index is 304. The summed E-state index contributed by atoms with van der Waals surface area (Å²) in [5.74, 6) is 0.663. The van der Waals surface area contributed by atoms with Crippen LogP contribution in [0.15, 0.2) is 12.2 Å². The third-order valence-corrected chi connectivity index (χ3v) is 4.14. The van der Waals surface area contributed by atoms with E-state index in [2.05, 4.69) is 12.2 Å². The zero-order valence-electron chi connectivity index (χ0n) is 10.9. The highest BCUT2D eigenvalue weighted by Crippen LogP contribution is 2.31.